The number of nitrogens with zero attached hydrogens (tertiary/aromatic N) is 1. The first-order valence-electron chi connectivity index (χ1n) is 4.90. The molecule has 1 aromatic rings. The molecule has 1 rings (SSSR count). The lowest BCUT2D eigenvalue weighted by atomic mass is 10.1. The van der Waals surface area contributed by atoms with E-state index in [0.29, 0.717) is 17.0 Å². The molecule has 0 unspecified atom stereocenters. The van der Waals surface area contributed by atoms with Crippen LogP contribution in [0.1, 0.15) is 10.4 Å². The maximum absolute atomic E-state index is 12.0. The van der Waals surface area contributed by atoms with Crippen molar-refractivity contribution in [2.24, 2.45) is 0 Å². The number of amides is 1. The Hall–Kier alpha value is -1.75. The molecule has 0 aliphatic heterocycles. The number of ether oxygens (including phenoxy) is 1. The first kappa shape index (κ1) is 12.3. The van der Waals surface area contributed by atoms with E-state index in [1.54, 1.807) is 25.2 Å². The lowest BCUT2D eigenvalue weighted by molar-refractivity contribution is 0.0764. The molecule has 0 aliphatic rings. The fourth-order valence-corrected chi connectivity index (χ4v) is 1.39. The molecular weight excluding hydrogens is 208 g/mol. The third-order valence-corrected chi connectivity index (χ3v) is 2.27. The number of hydrogen-bond acceptors (Lipinski definition) is 4. The van der Waals surface area contributed by atoms with Crippen LogP contribution in [0.15, 0.2) is 18.2 Å². The second kappa shape index (κ2) is 5.37. The number of carbonyl (C=O) groups is 1. The Morgan fingerprint density at radius 3 is 2.81 bits per heavy atom. The third kappa shape index (κ3) is 2.43. The van der Waals surface area contributed by atoms with E-state index >= 15 is 0 Å². The molecule has 0 atom stereocenters. The number of nitrogen functional groups attached to an aromatic ring is 1. The summed E-state index contributed by atoms with van der Waals surface area (Å²) in [5.41, 5.74) is 6.45. The number of likely N-dealkylation sites (N-methyl/N-ethyl adjacent to an activating group) is 1. The Labute approximate surface area is 94.4 Å². The number of carbonyl (C=O) groups excluding carboxylic acids is 1. The zero-order chi connectivity index (χ0) is 12.1. The molecule has 0 fully saturated rings. The quantitative estimate of drug-likeness (QED) is 0.723. The van der Waals surface area contributed by atoms with E-state index in [-0.39, 0.29) is 19.1 Å². The van der Waals surface area contributed by atoms with Gasteiger partial charge in [0.1, 0.15) is 11.3 Å². The first-order chi connectivity index (χ1) is 7.61. The van der Waals surface area contributed by atoms with Gasteiger partial charge in [-0.3, -0.25) is 4.79 Å². The Morgan fingerprint density at radius 1 is 1.56 bits per heavy atom. The van der Waals surface area contributed by atoms with Crippen molar-refractivity contribution < 1.29 is 14.6 Å². The Bertz CT molecular complexity index is 379. The van der Waals surface area contributed by atoms with Gasteiger partial charge in [0, 0.05) is 19.3 Å². The second-order valence-electron chi connectivity index (χ2n) is 3.37. The summed E-state index contributed by atoms with van der Waals surface area (Å²) < 4.78 is 5.09. The zero-order valence-corrected chi connectivity index (χ0v) is 9.43. The fraction of sp³-hybridized carbons (Fsp3) is 0.364. The van der Waals surface area contributed by atoms with Crippen molar-refractivity contribution in [2.75, 3.05) is 33.0 Å². The molecular formula is C11H16N2O3. The maximum atomic E-state index is 12.0. The standard InChI is InChI=1S/C11H16N2O3/c1-13(6-7-14)11(15)10-8(12)4-3-5-9(10)16-2/h3-5,14H,6-7,12H2,1-2H3. The van der Waals surface area contributed by atoms with Crippen LogP contribution < -0.4 is 10.5 Å². The number of aliphatic hydroxyl groups is 1. The molecule has 1 aromatic carbocycles. The molecule has 0 spiro atoms. The van der Waals surface area contributed by atoms with E-state index in [1.165, 1.54) is 12.0 Å². The van der Waals surface area contributed by atoms with Gasteiger partial charge in [-0.15, -0.1) is 0 Å². The number of rotatable bonds is 4. The van der Waals surface area contributed by atoms with Crippen molar-refractivity contribution in [2.45, 2.75) is 0 Å². The highest BCUT2D eigenvalue weighted by molar-refractivity contribution is 6.01. The molecule has 0 saturated carbocycles. The zero-order valence-electron chi connectivity index (χ0n) is 9.43. The molecule has 0 saturated heterocycles. The highest BCUT2D eigenvalue weighted by atomic mass is 16.5. The van der Waals surface area contributed by atoms with Crippen molar-refractivity contribution in [1.82, 2.24) is 4.90 Å². The van der Waals surface area contributed by atoms with Crippen molar-refractivity contribution in [3.63, 3.8) is 0 Å². The summed E-state index contributed by atoms with van der Waals surface area (Å²) in [6.45, 7) is 0.174. The van der Waals surface area contributed by atoms with E-state index in [2.05, 4.69) is 0 Å². The van der Waals surface area contributed by atoms with E-state index in [1.807, 2.05) is 0 Å². The van der Waals surface area contributed by atoms with Crippen LogP contribution in [0.25, 0.3) is 0 Å². The number of anilines is 1. The smallest absolute Gasteiger partial charge is 0.259 e. The number of hydrogen-bond donors (Lipinski definition) is 2. The van der Waals surface area contributed by atoms with Crippen LogP contribution >= 0.6 is 0 Å². The minimum atomic E-state index is -0.260. The SMILES string of the molecule is COc1cccc(N)c1C(=O)N(C)CCO. The highest BCUT2D eigenvalue weighted by Gasteiger charge is 2.18. The molecule has 5 heteroatoms. The number of benzene rings is 1. The number of aliphatic hydroxyl groups excluding tert-OH is 1. The van der Waals surface area contributed by atoms with Crippen molar-refractivity contribution in [3.05, 3.63) is 23.8 Å². The minimum Gasteiger partial charge on any atom is -0.496 e. The third-order valence-electron chi connectivity index (χ3n) is 2.27. The molecule has 0 radical (unpaired) electrons. The van der Waals surface area contributed by atoms with E-state index in [0.717, 1.165) is 0 Å². The predicted octanol–water partition coefficient (Wildman–Crippen LogP) is 0.342. The van der Waals surface area contributed by atoms with Crippen molar-refractivity contribution in [1.29, 1.82) is 0 Å². The summed E-state index contributed by atoms with van der Waals surface area (Å²) in [6.07, 6.45) is 0. The van der Waals surface area contributed by atoms with Crippen LogP contribution in [0.3, 0.4) is 0 Å². The van der Waals surface area contributed by atoms with Gasteiger partial charge in [0.05, 0.1) is 13.7 Å². The minimum absolute atomic E-state index is 0.0860. The molecule has 0 bridgehead atoms. The Balaban J connectivity index is 3.06. The van der Waals surface area contributed by atoms with Crippen LogP contribution in [0.5, 0.6) is 5.75 Å². The second-order valence-corrected chi connectivity index (χ2v) is 3.37. The summed E-state index contributed by atoms with van der Waals surface area (Å²) in [5.74, 6) is 0.179. The molecule has 16 heavy (non-hydrogen) atoms. The molecule has 0 heterocycles. The summed E-state index contributed by atoms with van der Waals surface area (Å²) in [7, 11) is 3.09. The van der Waals surface area contributed by atoms with Gasteiger partial charge >= 0.3 is 0 Å². The van der Waals surface area contributed by atoms with E-state index in [4.69, 9.17) is 15.6 Å². The summed E-state index contributed by atoms with van der Waals surface area (Å²) in [5, 5.41) is 8.77. The molecule has 1 amide bonds. The molecule has 3 N–H and O–H groups in total. The summed E-state index contributed by atoms with van der Waals surface area (Å²) >= 11 is 0. The van der Waals surface area contributed by atoms with Gasteiger partial charge in [0.25, 0.3) is 5.91 Å². The van der Waals surface area contributed by atoms with Gasteiger partial charge in [-0.05, 0) is 12.1 Å². The van der Waals surface area contributed by atoms with Crippen LogP contribution in [-0.4, -0.2) is 43.2 Å². The summed E-state index contributed by atoms with van der Waals surface area (Å²) in [4.78, 5) is 13.4. The fourth-order valence-electron chi connectivity index (χ4n) is 1.39. The van der Waals surface area contributed by atoms with Crippen LogP contribution in [-0.2, 0) is 0 Å². The predicted molar refractivity (Wildman–Crippen MR) is 61.5 cm³/mol. The largest absolute Gasteiger partial charge is 0.496 e. The molecule has 0 aliphatic carbocycles. The lowest BCUT2D eigenvalue weighted by Crippen LogP contribution is -2.30. The topological polar surface area (TPSA) is 75.8 Å². The lowest BCUT2D eigenvalue weighted by Gasteiger charge is -2.18. The van der Waals surface area contributed by atoms with Gasteiger partial charge in [-0.1, -0.05) is 6.07 Å². The van der Waals surface area contributed by atoms with Gasteiger partial charge in [-0.2, -0.15) is 0 Å². The first-order valence-corrected chi connectivity index (χ1v) is 4.90. The average molecular weight is 224 g/mol. The van der Waals surface area contributed by atoms with Gasteiger partial charge in [-0.25, -0.2) is 0 Å². The van der Waals surface area contributed by atoms with Crippen molar-refractivity contribution in [3.8, 4) is 5.75 Å². The van der Waals surface area contributed by atoms with Crippen molar-refractivity contribution >= 4 is 11.6 Å². The molecule has 5 nitrogen and oxygen atoms in total. The van der Waals surface area contributed by atoms with Gasteiger partial charge in [0.15, 0.2) is 0 Å². The normalized spacial score (nSPS) is 9.94. The highest BCUT2D eigenvalue weighted by Crippen LogP contribution is 2.25. The van der Waals surface area contributed by atoms with Crippen LogP contribution in [0.4, 0.5) is 5.69 Å². The number of methoxy groups -OCH3 is 1. The summed E-state index contributed by atoms with van der Waals surface area (Å²) in [6, 6.07) is 5.04. The van der Waals surface area contributed by atoms with Gasteiger partial charge in [0.2, 0.25) is 0 Å². The molecule has 88 valence electrons. The maximum Gasteiger partial charge on any atom is 0.259 e. The average Bonchev–Trinajstić information content (AvgIpc) is 2.28. The van der Waals surface area contributed by atoms with Gasteiger partial charge < -0.3 is 20.5 Å². The van der Waals surface area contributed by atoms with E-state index < -0.39 is 0 Å². The Kier molecular flexibility index (Phi) is 4.13. The Morgan fingerprint density at radius 2 is 2.25 bits per heavy atom. The van der Waals surface area contributed by atoms with Crippen LogP contribution in [0.2, 0.25) is 0 Å². The molecule has 0 aromatic heterocycles. The monoisotopic (exact) mass is 224 g/mol. The van der Waals surface area contributed by atoms with Crippen LogP contribution in [0, 0.1) is 0 Å². The number of nitrogens with two attached hydrogens (primary N) is 1. The van der Waals surface area contributed by atoms with E-state index in [9.17, 15) is 4.79 Å².